The number of hydrogen-bond acceptors (Lipinski definition) is 4. The molecule has 4 nitrogen and oxygen atoms in total. The third kappa shape index (κ3) is 2.68. The molecule has 0 fully saturated rings. The van der Waals surface area contributed by atoms with E-state index in [2.05, 4.69) is 9.72 Å². The van der Waals surface area contributed by atoms with Gasteiger partial charge in [-0.3, -0.25) is 9.78 Å². The van der Waals surface area contributed by atoms with Gasteiger partial charge >= 0.3 is 5.97 Å². The molecule has 1 rings (SSSR count). The van der Waals surface area contributed by atoms with E-state index in [-0.39, 0.29) is 6.42 Å². The first kappa shape index (κ1) is 10.9. The quantitative estimate of drug-likeness (QED) is 0.773. The van der Waals surface area contributed by atoms with Gasteiger partial charge in [0.25, 0.3) is 0 Å². The zero-order valence-electron chi connectivity index (χ0n) is 7.61. The highest BCUT2D eigenvalue weighted by Crippen LogP contribution is 2.23. The fourth-order valence-electron chi connectivity index (χ4n) is 1.01. The number of aromatic nitrogens is 1. The average molecular weight is 216 g/mol. The molecule has 5 heteroatoms. The zero-order chi connectivity index (χ0) is 10.6. The van der Waals surface area contributed by atoms with Gasteiger partial charge in [-0.2, -0.15) is 0 Å². The van der Waals surface area contributed by atoms with Crippen LogP contribution >= 0.6 is 11.6 Å². The maximum absolute atomic E-state index is 10.9. The first-order valence-corrected chi connectivity index (χ1v) is 4.37. The molecule has 1 heterocycles. The normalized spacial score (nSPS) is 12.2. The Balaban J connectivity index is 2.74. The molecule has 0 amide bonds. The smallest absolute Gasteiger partial charge is 0.308 e. The van der Waals surface area contributed by atoms with Gasteiger partial charge in [-0.15, -0.1) is 0 Å². The Bertz CT molecular complexity index is 330. The molecule has 1 N–H and O–H groups in total. The van der Waals surface area contributed by atoms with Crippen LogP contribution in [-0.2, 0) is 9.53 Å². The van der Waals surface area contributed by atoms with Crippen LogP contribution in [0.2, 0.25) is 5.02 Å². The number of esters is 1. The van der Waals surface area contributed by atoms with Crippen LogP contribution in [0.25, 0.3) is 0 Å². The molecule has 1 unspecified atom stereocenters. The van der Waals surface area contributed by atoms with Gasteiger partial charge in [0.05, 0.1) is 24.7 Å². The number of ether oxygens (including phenoxy) is 1. The predicted octanol–water partition coefficient (Wildman–Crippen LogP) is 1.33. The third-order valence-corrected chi connectivity index (χ3v) is 2.07. The number of carbonyl (C=O) groups excluding carboxylic acids is 1. The summed E-state index contributed by atoms with van der Waals surface area (Å²) in [5, 5.41) is 9.93. The van der Waals surface area contributed by atoms with E-state index >= 15 is 0 Å². The molecule has 0 aromatic carbocycles. The first-order chi connectivity index (χ1) is 6.65. The summed E-state index contributed by atoms with van der Waals surface area (Å²) in [7, 11) is 1.27. The molecule has 0 aliphatic carbocycles. The van der Waals surface area contributed by atoms with Crippen molar-refractivity contribution in [3.05, 3.63) is 29.0 Å². The van der Waals surface area contributed by atoms with E-state index in [9.17, 15) is 9.90 Å². The SMILES string of the molecule is COC(=O)CC(O)c1ccncc1Cl. The number of carbonyl (C=O) groups is 1. The van der Waals surface area contributed by atoms with Crippen LogP contribution in [0.15, 0.2) is 18.5 Å². The molecule has 0 spiro atoms. The Hall–Kier alpha value is -1.13. The molecular weight excluding hydrogens is 206 g/mol. The molecule has 0 saturated heterocycles. The second-order valence-corrected chi connectivity index (χ2v) is 3.10. The Morgan fingerprint density at radius 2 is 2.50 bits per heavy atom. The molecule has 0 aliphatic rings. The maximum atomic E-state index is 10.9. The number of aliphatic hydroxyl groups is 1. The van der Waals surface area contributed by atoms with Crippen LogP contribution < -0.4 is 0 Å². The van der Waals surface area contributed by atoms with E-state index < -0.39 is 12.1 Å². The van der Waals surface area contributed by atoms with E-state index in [1.165, 1.54) is 19.5 Å². The Morgan fingerprint density at radius 1 is 1.79 bits per heavy atom. The summed E-state index contributed by atoms with van der Waals surface area (Å²) in [5.41, 5.74) is 0.479. The van der Waals surface area contributed by atoms with Crippen molar-refractivity contribution in [2.24, 2.45) is 0 Å². The topological polar surface area (TPSA) is 59.4 Å². The molecule has 1 atom stereocenters. The predicted molar refractivity (Wildman–Crippen MR) is 50.8 cm³/mol. The van der Waals surface area contributed by atoms with E-state index in [1.54, 1.807) is 6.07 Å². The van der Waals surface area contributed by atoms with Gasteiger partial charge in [0.2, 0.25) is 0 Å². The van der Waals surface area contributed by atoms with Crippen molar-refractivity contribution in [3.8, 4) is 0 Å². The number of pyridine rings is 1. The fraction of sp³-hybridized carbons (Fsp3) is 0.333. The van der Waals surface area contributed by atoms with E-state index in [1.807, 2.05) is 0 Å². The minimum atomic E-state index is -0.946. The van der Waals surface area contributed by atoms with Crippen molar-refractivity contribution in [2.75, 3.05) is 7.11 Å². The summed E-state index contributed by atoms with van der Waals surface area (Å²) in [6, 6.07) is 1.57. The highest BCUT2D eigenvalue weighted by molar-refractivity contribution is 6.31. The molecular formula is C9H10ClNO3. The van der Waals surface area contributed by atoms with Crippen LogP contribution in [0.1, 0.15) is 18.1 Å². The van der Waals surface area contributed by atoms with Crippen LogP contribution in [0.5, 0.6) is 0 Å². The minimum Gasteiger partial charge on any atom is -0.469 e. The van der Waals surface area contributed by atoms with E-state index in [0.717, 1.165) is 0 Å². The van der Waals surface area contributed by atoms with Gasteiger partial charge in [0.1, 0.15) is 0 Å². The first-order valence-electron chi connectivity index (χ1n) is 3.99. The van der Waals surface area contributed by atoms with Crippen LogP contribution in [-0.4, -0.2) is 23.2 Å². The summed E-state index contributed by atoms with van der Waals surface area (Å²) in [6.07, 6.45) is 1.86. The zero-order valence-corrected chi connectivity index (χ0v) is 8.36. The second kappa shape index (κ2) is 4.93. The Morgan fingerprint density at radius 3 is 3.07 bits per heavy atom. The number of aliphatic hydroxyl groups excluding tert-OH is 1. The van der Waals surface area contributed by atoms with Crippen LogP contribution in [0, 0.1) is 0 Å². The summed E-state index contributed by atoms with van der Waals surface area (Å²) < 4.78 is 4.42. The molecule has 76 valence electrons. The lowest BCUT2D eigenvalue weighted by Gasteiger charge is -2.10. The maximum Gasteiger partial charge on any atom is 0.308 e. The van der Waals surface area contributed by atoms with Crippen LogP contribution in [0.4, 0.5) is 0 Å². The highest BCUT2D eigenvalue weighted by atomic mass is 35.5. The summed E-state index contributed by atoms with van der Waals surface area (Å²) >= 11 is 5.77. The summed E-state index contributed by atoms with van der Waals surface area (Å²) in [4.78, 5) is 14.6. The lowest BCUT2D eigenvalue weighted by molar-refractivity contribution is -0.142. The third-order valence-electron chi connectivity index (χ3n) is 1.75. The number of methoxy groups -OCH3 is 1. The van der Waals surface area contributed by atoms with Gasteiger partial charge in [0.15, 0.2) is 0 Å². The minimum absolute atomic E-state index is 0.111. The lowest BCUT2D eigenvalue weighted by atomic mass is 10.1. The standard InChI is InChI=1S/C9H10ClNO3/c1-14-9(13)4-8(12)6-2-3-11-5-7(6)10/h2-3,5,8,12H,4H2,1H3. The summed E-state index contributed by atoms with van der Waals surface area (Å²) in [5.74, 6) is -0.481. The largest absolute Gasteiger partial charge is 0.469 e. The number of halogens is 1. The number of hydrogen-bond donors (Lipinski definition) is 1. The summed E-state index contributed by atoms with van der Waals surface area (Å²) in [6.45, 7) is 0. The fourth-order valence-corrected chi connectivity index (χ4v) is 1.25. The van der Waals surface area contributed by atoms with Crippen molar-refractivity contribution in [2.45, 2.75) is 12.5 Å². The van der Waals surface area contributed by atoms with E-state index in [0.29, 0.717) is 10.6 Å². The second-order valence-electron chi connectivity index (χ2n) is 2.69. The van der Waals surface area contributed by atoms with Crippen molar-refractivity contribution in [1.29, 1.82) is 0 Å². The van der Waals surface area contributed by atoms with Crippen molar-refractivity contribution in [3.63, 3.8) is 0 Å². The molecule has 0 bridgehead atoms. The van der Waals surface area contributed by atoms with E-state index in [4.69, 9.17) is 11.6 Å². The van der Waals surface area contributed by atoms with Gasteiger partial charge in [0, 0.05) is 18.0 Å². The van der Waals surface area contributed by atoms with Gasteiger partial charge in [-0.25, -0.2) is 0 Å². The van der Waals surface area contributed by atoms with Crippen molar-refractivity contribution >= 4 is 17.6 Å². The van der Waals surface area contributed by atoms with Crippen molar-refractivity contribution < 1.29 is 14.6 Å². The highest BCUT2D eigenvalue weighted by Gasteiger charge is 2.15. The molecule has 1 aromatic heterocycles. The lowest BCUT2D eigenvalue weighted by Crippen LogP contribution is -2.08. The molecule has 0 radical (unpaired) electrons. The molecule has 0 saturated carbocycles. The molecule has 0 aliphatic heterocycles. The van der Waals surface area contributed by atoms with Gasteiger partial charge < -0.3 is 9.84 Å². The van der Waals surface area contributed by atoms with Gasteiger partial charge in [-0.05, 0) is 6.07 Å². The number of nitrogens with zero attached hydrogens (tertiary/aromatic N) is 1. The molecule has 14 heavy (non-hydrogen) atoms. The van der Waals surface area contributed by atoms with Crippen molar-refractivity contribution in [1.82, 2.24) is 4.98 Å². The van der Waals surface area contributed by atoms with Crippen LogP contribution in [0.3, 0.4) is 0 Å². The average Bonchev–Trinajstić information content (AvgIpc) is 2.18. The van der Waals surface area contributed by atoms with Gasteiger partial charge in [-0.1, -0.05) is 11.6 Å². The monoisotopic (exact) mass is 215 g/mol. The Kier molecular flexibility index (Phi) is 3.85. The Labute approximate surface area is 86.5 Å². The molecule has 1 aromatic rings. The number of rotatable bonds is 3.